The zero-order valence-corrected chi connectivity index (χ0v) is 15.3. The summed E-state index contributed by atoms with van der Waals surface area (Å²) in [4.78, 5) is 18.5. The lowest BCUT2D eigenvalue weighted by molar-refractivity contribution is -0.137. The molecule has 0 saturated carbocycles. The number of methoxy groups -OCH3 is 1. The Morgan fingerprint density at radius 2 is 2.04 bits per heavy atom. The Hall–Kier alpha value is -2.37. The van der Waals surface area contributed by atoms with E-state index in [1.165, 1.54) is 0 Å². The third-order valence-electron chi connectivity index (χ3n) is 4.29. The van der Waals surface area contributed by atoms with Crippen molar-refractivity contribution in [3.63, 3.8) is 0 Å². The molecule has 3 rings (SSSR count). The van der Waals surface area contributed by atoms with Crippen LogP contribution in [-0.2, 0) is 11.2 Å². The molecule has 1 amide bonds. The number of hydrogen-bond acceptors (Lipinski definition) is 5. The van der Waals surface area contributed by atoms with E-state index < -0.39 is 0 Å². The molecule has 25 heavy (non-hydrogen) atoms. The monoisotopic (exact) mass is 343 g/mol. The summed E-state index contributed by atoms with van der Waals surface area (Å²) in [5, 5.41) is 4.07. The van der Waals surface area contributed by atoms with E-state index in [-0.39, 0.29) is 17.2 Å². The zero-order valence-electron chi connectivity index (χ0n) is 15.3. The molecule has 1 saturated heterocycles. The summed E-state index contributed by atoms with van der Waals surface area (Å²) >= 11 is 0. The molecule has 6 nitrogen and oxygen atoms in total. The van der Waals surface area contributed by atoms with E-state index in [0.717, 1.165) is 11.3 Å². The molecule has 0 spiro atoms. The van der Waals surface area contributed by atoms with Crippen molar-refractivity contribution in [2.24, 2.45) is 5.41 Å². The zero-order chi connectivity index (χ0) is 18.0. The van der Waals surface area contributed by atoms with Gasteiger partial charge < -0.3 is 14.2 Å². The second kappa shape index (κ2) is 6.86. The maximum absolute atomic E-state index is 12.2. The first kappa shape index (κ1) is 17.5. The fourth-order valence-corrected chi connectivity index (χ4v) is 2.93. The number of benzene rings is 1. The van der Waals surface area contributed by atoms with Crippen molar-refractivity contribution in [3.8, 4) is 5.75 Å². The van der Waals surface area contributed by atoms with Gasteiger partial charge in [-0.3, -0.25) is 4.79 Å². The molecule has 1 fully saturated rings. The Kier molecular flexibility index (Phi) is 4.79. The van der Waals surface area contributed by atoms with Gasteiger partial charge in [-0.05, 0) is 11.5 Å². The van der Waals surface area contributed by atoms with Gasteiger partial charge in [-0.1, -0.05) is 44.1 Å². The summed E-state index contributed by atoms with van der Waals surface area (Å²) in [6.45, 7) is 7.54. The summed E-state index contributed by atoms with van der Waals surface area (Å²) in [6, 6.07) is 7.80. The van der Waals surface area contributed by atoms with E-state index >= 15 is 0 Å². The molecular weight excluding hydrogens is 318 g/mol. The summed E-state index contributed by atoms with van der Waals surface area (Å²) in [5.41, 5.74) is 1.03. The number of hydrogen-bond donors (Lipinski definition) is 0. The van der Waals surface area contributed by atoms with Crippen LogP contribution in [0.5, 0.6) is 5.75 Å². The van der Waals surface area contributed by atoms with Crippen LogP contribution >= 0.6 is 0 Å². The minimum Gasteiger partial charge on any atom is -0.496 e. The van der Waals surface area contributed by atoms with Gasteiger partial charge in [-0.15, -0.1) is 0 Å². The lowest BCUT2D eigenvalue weighted by Crippen LogP contribution is -2.49. The topological polar surface area (TPSA) is 68.5 Å². The summed E-state index contributed by atoms with van der Waals surface area (Å²) in [5.74, 6) is 2.40. The summed E-state index contributed by atoms with van der Waals surface area (Å²) < 4.78 is 10.8. The molecule has 0 aliphatic carbocycles. The highest BCUT2D eigenvalue weighted by Gasteiger charge is 2.36. The molecule has 1 aliphatic rings. The van der Waals surface area contributed by atoms with Gasteiger partial charge in [0.2, 0.25) is 11.8 Å². The first-order valence-corrected chi connectivity index (χ1v) is 8.58. The van der Waals surface area contributed by atoms with Gasteiger partial charge in [-0.25, -0.2) is 0 Å². The summed E-state index contributed by atoms with van der Waals surface area (Å²) in [7, 11) is 1.65. The highest BCUT2D eigenvalue weighted by molar-refractivity contribution is 5.77. The van der Waals surface area contributed by atoms with Gasteiger partial charge in [0.05, 0.1) is 13.0 Å². The molecule has 1 aromatic carbocycles. The number of para-hydroxylation sites is 1. The van der Waals surface area contributed by atoms with Crippen LogP contribution in [0.25, 0.3) is 0 Å². The minimum absolute atomic E-state index is 0.00850. The predicted octanol–water partition coefficient (Wildman–Crippen LogP) is 3.03. The smallest absolute Gasteiger partial charge is 0.233 e. The van der Waals surface area contributed by atoms with E-state index in [4.69, 9.17) is 9.26 Å². The van der Waals surface area contributed by atoms with Crippen molar-refractivity contribution < 1.29 is 14.1 Å². The van der Waals surface area contributed by atoms with Crippen molar-refractivity contribution in [1.82, 2.24) is 15.0 Å². The fourth-order valence-electron chi connectivity index (χ4n) is 2.93. The van der Waals surface area contributed by atoms with Crippen LogP contribution in [0.1, 0.15) is 50.4 Å². The minimum atomic E-state index is 0.00850. The SMILES string of the molecule is COc1ccccc1Cc1noc(C2CN(C(=O)CC(C)(C)C)C2)n1. The maximum Gasteiger partial charge on any atom is 0.233 e. The average Bonchev–Trinajstić information content (AvgIpc) is 2.92. The van der Waals surface area contributed by atoms with E-state index in [2.05, 4.69) is 30.9 Å². The third kappa shape index (κ3) is 4.18. The van der Waals surface area contributed by atoms with Gasteiger partial charge in [0.15, 0.2) is 5.82 Å². The molecule has 0 atom stereocenters. The number of aromatic nitrogens is 2. The van der Waals surface area contributed by atoms with Crippen LogP contribution in [0.15, 0.2) is 28.8 Å². The number of carbonyl (C=O) groups excluding carboxylic acids is 1. The third-order valence-corrected chi connectivity index (χ3v) is 4.29. The van der Waals surface area contributed by atoms with Gasteiger partial charge in [0, 0.05) is 31.5 Å². The molecule has 1 aromatic heterocycles. The van der Waals surface area contributed by atoms with Crippen LogP contribution in [0.2, 0.25) is 0 Å². The first-order chi connectivity index (χ1) is 11.9. The Balaban J connectivity index is 1.57. The number of ether oxygens (including phenoxy) is 1. The summed E-state index contributed by atoms with van der Waals surface area (Å²) in [6.07, 6.45) is 1.12. The van der Waals surface area contributed by atoms with Crippen LogP contribution in [0.4, 0.5) is 0 Å². The molecule has 2 heterocycles. The van der Waals surface area contributed by atoms with Gasteiger partial charge >= 0.3 is 0 Å². The van der Waals surface area contributed by atoms with E-state index in [0.29, 0.717) is 37.6 Å². The van der Waals surface area contributed by atoms with Crippen LogP contribution < -0.4 is 4.74 Å². The normalized spacial score (nSPS) is 15.1. The number of amides is 1. The number of carbonyl (C=O) groups is 1. The van der Waals surface area contributed by atoms with Gasteiger partial charge in [-0.2, -0.15) is 4.98 Å². The Labute approximate surface area is 148 Å². The second-order valence-electron chi connectivity index (χ2n) is 7.77. The van der Waals surface area contributed by atoms with Crippen molar-refractivity contribution in [1.29, 1.82) is 0 Å². The predicted molar refractivity (Wildman–Crippen MR) is 93.5 cm³/mol. The van der Waals surface area contributed by atoms with Crippen molar-refractivity contribution >= 4 is 5.91 Å². The molecule has 2 aromatic rings. The lowest BCUT2D eigenvalue weighted by Gasteiger charge is -2.38. The van der Waals surface area contributed by atoms with Crippen LogP contribution in [-0.4, -0.2) is 41.1 Å². The number of nitrogens with zero attached hydrogens (tertiary/aromatic N) is 3. The number of likely N-dealkylation sites (tertiary alicyclic amines) is 1. The standard InChI is InChI=1S/C19H25N3O3/c1-19(2,3)10-17(23)22-11-14(12-22)18-20-16(21-25-18)9-13-7-5-6-8-15(13)24-4/h5-8,14H,9-12H2,1-4H3. The van der Waals surface area contributed by atoms with E-state index in [1.807, 2.05) is 29.2 Å². The van der Waals surface area contributed by atoms with Crippen molar-refractivity contribution in [3.05, 3.63) is 41.5 Å². The first-order valence-electron chi connectivity index (χ1n) is 8.58. The largest absolute Gasteiger partial charge is 0.496 e. The molecule has 6 heteroatoms. The Morgan fingerprint density at radius 3 is 2.72 bits per heavy atom. The molecule has 1 aliphatic heterocycles. The molecule has 0 N–H and O–H groups in total. The van der Waals surface area contributed by atoms with E-state index in [9.17, 15) is 4.79 Å². The average molecular weight is 343 g/mol. The maximum atomic E-state index is 12.2. The molecule has 0 unspecified atom stereocenters. The molecular formula is C19H25N3O3. The van der Waals surface area contributed by atoms with Crippen LogP contribution in [0, 0.1) is 5.41 Å². The second-order valence-corrected chi connectivity index (χ2v) is 7.77. The highest BCUT2D eigenvalue weighted by atomic mass is 16.5. The highest BCUT2D eigenvalue weighted by Crippen LogP contribution is 2.29. The molecule has 0 radical (unpaired) electrons. The lowest BCUT2D eigenvalue weighted by atomic mass is 9.90. The fraction of sp³-hybridized carbons (Fsp3) is 0.526. The van der Waals surface area contributed by atoms with Gasteiger partial charge in [0.25, 0.3) is 0 Å². The van der Waals surface area contributed by atoms with Crippen LogP contribution in [0.3, 0.4) is 0 Å². The Bertz CT molecular complexity index is 742. The van der Waals surface area contributed by atoms with Crippen molar-refractivity contribution in [2.45, 2.75) is 39.5 Å². The van der Waals surface area contributed by atoms with E-state index in [1.54, 1.807) is 7.11 Å². The quantitative estimate of drug-likeness (QED) is 0.835. The molecule has 0 bridgehead atoms. The molecule has 134 valence electrons. The van der Waals surface area contributed by atoms with Crippen molar-refractivity contribution in [2.75, 3.05) is 20.2 Å². The number of rotatable bonds is 5. The Morgan fingerprint density at radius 1 is 1.32 bits per heavy atom. The van der Waals surface area contributed by atoms with Gasteiger partial charge in [0.1, 0.15) is 5.75 Å².